The zero-order valence-electron chi connectivity index (χ0n) is 17.2. The highest BCUT2D eigenvalue weighted by atomic mass is 16.3. The number of aromatic hydroxyl groups is 2. The van der Waals surface area contributed by atoms with E-state index in [-0.39, 0.29) is 0 Å². The van der Waals surface area contributed by atoms with Crippen LogP contribution in [-0.4, -0.2) is 10.2 Å². The van der Waals surface area contributed by atoms with Crippen molar-refractivity contribution < 1.29 is 10.2 Å². The molecule has 0 aliphatic heterocycles. The van der Waals surface area contributed by atoms with Crippen molar-refractivity contribution >= 4 is 0 Å². The van der Waals surface area contributed by atoms with Gasteiger partial charge in [-0.2, -0.15) is 0 Å². The number of rotatable bonds is 4. The maximum Gasteiger partial charge on any atom is 0.122 e. The Morgan fingerprint density at radius 2 is 1.36 bits per heavy atom. The van der Waals surface area contributed by atoms with Gasteiger partial charge < -0.3 is 10.2 Å². The Morgan fingerprint density at radius 1 is 0.750 bits per heavy atom. The lowest BCUT2D eigenvalue weighted by molar-refractivity contribution is 0.411. The Morgan fingerprint density at radius 3 is 2.00 bits per heavy atom. The molecule has 2 aliphatic carbocycles. The first kappa shape index (κ1) is 19.4. The van der Waals surface area contributed by atoms with Crippen LogP contribution in [0.3, 0.4) is 0 Å². The van der Waals surface area contributed by atoms with E-state index in [2.05, 4.69) is 31.2 Å². The summed E-state index contributed by atoms with van der Waals surface area (Å²) >= 11 is 0. The van der Waals surface area contributed by atoms with Crippen molar-refractivity contribution in [3.63, 3.8) is 0 Å². The molecule has 0 aromatic heterocycles. The number of aryl methyl sites for hydroxylation is 1. The molecule has 2 aromatic rings. The minimum absolute atomic E-state index is 0.452. The van der Waals surface area contributed by atoms with Gasteiger partial charge in [0.15, 0.2) is 0 Å². The van der Waals surface area contributed by atoms with E-state index in [0.29, 0.717) is 23.3 Å². The van der Waals surface area contributed by atoms with Gasteiger partial charge in [0.2, 0.25) is 0 Å². The zero-order chi connectivity index (χ0) is 19.5. The average molecular weight is 379 g/mol. The van der Waals surface area contributed by atoms with Crippen molar-refractivity contribution in [2.75, 3.05) is 0 Å². The molecule has 4 rings (SSSR count). The molecule has 2 aliphatic rings. The minimum Gasteiger partial charge on any atom is -0.508 e. The molecule has 0 amide bonds. The van der Waals surface area contributed by atoms with Crippen LogP contribution in [0.15, 0.2) is 30.3 Å². The first-order valence-electron chi connectivity index (χ1n) is 11.3. The summed E-state index contributed by atoms with van der Waals surface area (Å²) in [6, 6.07) is 10.4. The fourth-order valence-corrected chi connectivity index (χ4v) is 5.39. The van der Waals surface area contributed by atoms with Crippen molar-refractivity contribution in [2.45, 2.75) is 89.4 Å². The first-order chi connectivity index (χ1) is 13.6. The molecule has 2 heteroatoms. The number of hydrogen-bond acceptors (Lipinski definition) is 2. The van der Waals surface area contributed by atoms with Crippen LogP contribution in [0.4, 0.5) is 0 Å². The Kier molecular flexibility index (Phi) is 5.94. The van der Waals surface area contributed by atoms with Gasteiger partial charge in [0, 0.05) is 6.42 Å². The summed E-state index contributed by atoms with van der Waals surface area (Å²) in [5, 5.41) is 21.6. The van der Waals surface area contributed by atoms with E-state index < -0.39 is 0 Å². The van der Waals surface area contributed by atoms with Crippen molar-refractivity contribution in [2.24, 2.45) is 0 Å². The van der Waals surface area contributed by atoms with Crippen LogP contribution < -0.4 is 0 Å². The highest BCUT2D eigenvalue weighted by Gasteiger charge is 2.22. The quantitative estimate of drug-likeness (QED) is 0.596. The fourth-order valence-electron chi connectivity index (χ4n) is 5.39. The Labute approximate surface area is 169 Å². The zero-order valence-corrected chi connectivity index (χ0v) is 17.2. The highest BCUT2D eigenvalue weighted by molar-refractivity contribution is 5.49. The largest absolute Gasteiger partial charge is 0.508 e. The predicted molar refractivity (Wildman–Crippen MR) is 115 cm³/mol. The van der Waals surface area contributed by atoms with Gasteiger partial charge in [-0.25, -0.2) is 0 Å². The molecular formula is C26H34O2. The molecule has 0 bridgehead atoms. The summed E-state index contributed by atoms with van der Waals surface area (Å²) in [5.74, 6) is 1.94. The second kappa shape index (κ2) is 8.59. The number of para-hydroxylation sites is 1. The molecule has 0 saturated heterocycles. The van der Waals surface area contributed by atoms with E-state index >= 15 is 0 Å². The van der Waals surface area contributed by atoms with E-state index in [9.17, 15) is 10.2 Å². The lowest BCUT2D eigenvalue weighted by atomic mass is 9.81. The topological polar surface area (TPSA) is 40.5 Å². The highest BCUT2D eigenvalue weighted by Crippen LogP contribution is 2.41. The van der Waals surface area contributed by atoms with Crippen LogP contribution in [-0.2, 0) is 6.42 Å². The van der Waals surface area contributed by atoms with E-state index in [0.717, 1.165) is 28.7 Å². The monoisotopic (exact) mass is 378 g/mol. The number of hydrogen-bond donors (Lipinski definition) is 2. The van der Waals surface area contributed by atoms with Crippen LogP contribution in [0.2, 0.25) is 0 Å². The standard InChI is InChI=1S/C26H34O2/c1-18-15-25(27)24(20-11-6-3-7-12-20)17-22(18)16-21-13-8-14-23(26(21)28)19-9-4-2-5-10-19/h8,13-15,17,19-20,27-28H,2-7,9-12,16H2,1H3. The van der Waals surface area contributed by atoms with Gasteiger partial charge in [-0.05, 0) is 78.3 Å². The van der Waals surface area contributed by atoms with Crippen molar-refractivity contribution in [1.29, 1.82) is 0 Å². The maximum absolute atomic E-state index is 11.0. The van der Waals surface area contributed by atoms with Crippen LogP contribution in [0.25, 0.3) is 0 Å². The lowest BCUT2D eigenvalue weighted by Gasteiger charge is -2.25. The first-order valence-corrected chi connectivity index (χ1v) is 11.3. The molecule has 28 heavy (non-hydrogen) atoms. The molecule has 2 fully saturated rings. The van der Waals surface area contributed by atoms with Gasteiger partial charge in [-0.3, -0.25) is 0 Å². The lowest BCUT2D eigenvalue weighted by Crippen LogP contribution is -2.07. The molecule has 2 N–H and O–H groups in total. The smallest absolute Gasteiger partial charge is 0.122 e. The number of phenols is 2. The van der Waals surface area contributed by atoms with Crippen molar-refractivity contribution in [3.8, 4) is 11.5 Å². The van der Waals surface area contributed by atoms with E-state index in [1.165, 1.54) is 69.8 Å². The van der Waals surface area contributed by atoms with Gasteiger partial charge in [-0.15, -0.1) is 0 Å². The molecule has 150 valence electrons. The molecule has 0 heterocycles. The molecule has 2 nitrogen and oxygen atoms in total. The third-order valence-electron chi connectivity index (χ3n) is 7.11. The van der Waals surface area contributed by atoms with Crippen LogP contribution in [0.1, 0.15) is 104 Å². The molecule has 0 spiro atoms. The van der Waals surface area contributed by atoms with Crippen LogP contribution >= 0.6 is 0 Å². The molecular weight excluding hydrogens is 344 g/mol. The summed E-state index contributed by atoms with van der Waals surface area (Å²) in [6.45, 7) is 2.07. The second-order valence-corrected chi connectivity index (χ2v) is 9.04. The molecule has 0 atom stereocenters. The Hall–Kier alpha value is -1.96. The van der Waals surface area contributed by atoms with Crippen LogP contribution in [0, 0.1) is 6.92 Å². The Bertz CT molecular complexity index is 811. The molecule has 0 unspecified atom stereocenters. The third kappa shape index (κ3) is 4.06. The summed E-state index contributed by atoms with van der Waals surface area (Å²) in [5.41, 5.74) is 5.62. The molecule has 2 aromatic carbocycles. The maximum atomic E-state index is 11.0. The summed E-state index contributed by atoms with van der Waals surface area (Å²) < 4.78 is 0. The second-order valence-electron chi connectivity index (χ2n) is 9.04. The predicted octanol–water partition coefficient (Wildman–Crippen LogP) is 7.09. The SMILES string of the molecule is Cc1cc(O)c(C2CCCCC2)cc1Cc1cccc(C2CCCCC2)c1O. The van der Waals surface area contributed by atoms with Gasteiger partial charge in [-0.1, -0.05) is 62.8 Å². The minimum atomic E-state index is 0.452. The molecule has 0 radical (unpaired) electrons. The summed E-state index contributed by atoms with van der Waals surface area (Å²) in [4.78, 5) is 0. The van der Waals surface area contributed by atoms with Crippen molar-refractivity contribution in [1.82, 2.24) is 0 Å². The summed E-state index contributed by atoms with van der Waals surface area (Å²) in [7, 11) is 0. The third-order valence-corrected chi connectivity index (χ3v) is 7.11. The Balaban J connectivity index is 1.62. The number of benzene rings is 2. The van der Waals surface area contributed by atoms with E-state index in [1.54, 1.807) is 0 Å². The normalized spacial score (nSPS) is 19.0. The fraction of sp³-hybridized carbons (Fsp3) is 0.538. The van der Waals surface area contributed by atoms with Gasteiger partial charge in [0.05, 0.1) is 0 Å². The molecule has 2 saturated carbocycles. The average Bonchev–Trinajstić information content (AvgIpc) is 2.72. The van der Waals surface area contributed by atoms with Gasteiger partial charge >= 0.3 is 0 Å². The summed E-state index contributed by atoms with van der Waals surface area (Å²) in [6.07, 6.45) is 13.2. The van der Waals surface area contributed by atoms with Gasteiger partial charge in [0.1, 0.15) is 11.5 Å². The number of phenolic OH excluding ortho intramolecular Hbond substituents is 2. The van der Waals surface area contributed by atoms with Crippen LogP contribution in [0.5, 0.6) is 11.5 Å². The van der Waals surface area contributed by atoms with E-state index in [4.69, 9.17) is 0 Å². The van der Waals surface area contributed by atoms with E-state index in [1.807, 2.05) is 6.07 Å². The van der Waals surface area contributed by atoms with Crippen molar-refractivity contribution in [3.05, 3.63) is 58.1 Å². The van der Waals surface area contributed by atoms with Gasteiger partial charge in [0.25, 0.3) is 0 Å².